The van der Waals surface area contributed by atoms with Crippen LogP contribution in [0.15, 0.2) is 0 Å². The summed E-state index contributed by atoms with van der Waals surface area (Å²) < 4.78 is 4.92. The molecule has 0 aliphatic carbocycles. The van der Waals surface area contributed by atoms with E-state index in [9.17, 15) is 4.79 Å². The molecule has 15 heavy (non-hydrogen) atoms. The van der Waals surface area contributed by atoms with Crippen LogP contribution in [0, 0.1) is 5.92 Å². The van der Waals surface area contributed by atoms with Crippen LogP contribution in [0.2, 0.25) is 0 Å². The summed E-state index contributed by atoms with van der Waals surface area (Å²) in [6.07, 6.45) is 3.03. The summed E-state index contributed by atoms with van der Waals surface area (Å²) in [6, 6.07) is 0. The maximum Gasteiger partial charge on any atom is 0.229 e. The Kier molecular flexibility index (Phi) is 8.22. The molecule has 1 unspecified atom stereocenters. The van der Waals surface area contributed by atoms with Gasteiger partial charge in [-0.15, -0.1) is 0 Å². The molecule has 88 valence electrons. The molecule has 0 aromatic rings. The van der Waals surface area contributed by atoms with Gasteiger partial charge in [-0.3, -0.25) is 4.79 Å². The Morgan fingerprint density at radius 2 is 2.13 bits per heavy atom. The number of ether oxygens (including phenoxy) is 1. The van der Waals surface area contributed by atoms with Gasteiger partial charge in [0, 0.05) is 20.3 Å². The summed E-state index contributed by atoms with van der Waals surface area (Å²) in [7, 11) is 1.69. The lowest BCUT2D eigenvalue weighted by Gasteiger charge is -2.10. The number of hydrogen-bond donors (Lipinski definition) is 2. The zero-order valence-electron chi connectivity index (χ0n) is 9.41. The van der Waals surface area contributed by atoms with Crippen LogP contribution < -0.4 is 11.1 Å². The topological polar surface area (TPSA) is 64.3 Å². The minimum Gasteiger partial charge on any atom is -0.393 e. The molecule has 4 nitrogen and oxygen atoms in total. The summed E-state index contributed by atoms with van der Waals surface area (Å²) in [4.78, 5) is 11.6. The molecule has 0 saturated carbocycles. The van der Waals surface area contributed by atoms with Crippen molar-refractivity contribution in [3.63, 3.8) is 0 Å². The van der Waals surface area contributed by atoms with Crippen LogP contribution in [0.5, 0.6) is 0 Å². The molecule has 0 aromatic heterocycles. The van der Waals surface area contributed by atoms with Gasteiger partial charge in [-0.05, 0) is 26.2 Å². The molecule has 0 fully saturated rings. The summed E-state index contributed by atoms with van der Waals surface area (Å²) in [6.45, 7) is 3.16. The largest absolute Gasteiger partial charge is 0.393 e. The molecular weight excluding hydrogens is 212 g/mol. The lowest BCUT2D eigenvalue weighted by molar-refractivity contribution is -0.122. The maximum atomic E-state index is 11.4. The molecular formula is C10H20N2O2S. The van der Waals surface area contributed by atoms with E-state index in [-0.39, 0.29) is 16.8 Å². The second kappa shape index (κ2) is 8.61. The third-order valence-electron chi connectivity index (χ3n) is 2.14. The smallest absolute Gasteiger partial charge is 0.229 e. The molecule has 0 bridgehead atoms. The first kappa shape index (κ1) is 14.3. The van der Waals surface area contributed by atoms with Gasteiger partial charge in [0.05, 0.1) is 10.9 Å². The number of unbranched alkanes of at least 4 members (excludes halogenated alkanes) is 2. The van der Waals surface area contributed by atoms with Gasteiger partial charge in [0.2, 0.25) is 5.91 Å². The first-order valence-electron chi connectivity index (χ1n) is 5.15. The summed E-state index contributed by atoms with van der Waals surface area (Å²) >= 11 is 4.73. The van der Waals surface area contributed by atoms with Crippen LogP contribution in [-0.2, 0) is 9.53 Å². The number of amides is 1. The highest BCUT2D eigenvalue weighted by atomic mass is 32.1. The summed E-state index contributed by atoms with van der Waals surface area (Å²) in [5.41, 5.74) is 5.36. The van der Waals surface area contributed by atoms with Crippen LogP contribution in [0.3, 0.4) is 0 Å². The normalized spacial score (nSPS) is 12.1. The van der Waals surface area contributed by atoms with Crippen molar-refractivity contribution in [3.8, 4) is 0 Å². The van der Waals surface area contributed by atoms with Crippen LogP contribution >= 0.6 is 12.2 Å². The lowest BCUT2D eigenvalue weighted by atomic mass is 10.1. The fraction of sp³-hybridized carbons (Fsp3) is 0.800. The number of carbonyl (C=O) groups is 1. The van der Waals surface area contributed by atoms with Gasteiger partial charge >= 0.3 is 0 Å². The van der Waals surface area contributed by atoms with E-state index in [1.165, 1.54) is 0 Å². The van der Waals surface area contributed by atoms with Gasteiger partial charge in [-0.1, -0.05) is 12.2 Å². The molecule has 0 heterocycles. The zero-order chi connectivity index (χ0) is 11.7. The monoisotopic (exact) mass is 232 g/mol. The summed E-state index contributed by atoms with van der Waals surface area (Å²) in [5.74, 6) is -0.465. The SMILES string of the molecule is COCCCCCNC(=O)C(C)C(N)=S. The Labute approximate surface area is 96.5 Å². The third-order valence-corrected chi connectivity index (χ3v) is 2.50. The van der Waals surface area contributed by atoms with E-state index in [1.54, 1.807) is 14.0 Å². The minimum atomic E-state index is -0.376. The Balaban J connectivity index is 3.43. The van der Waals surface area contributed by atoms with Crippen LogP contribution in [-0.4, -0.2) is 31.2 Å². The van der Waals surface area contributed by atoms with Crippen molar-refractivity contribution < 1.29 is 9.53 Å². The van der Waals surface area contributed by atoms with Crippen molar-refractivity contribution in [1.82, 2.24) is 5.32 Å². The van der Waals surface area contributed by atoms with E-state index in [2.05, 4.69) is 5.32 Å². The molecule has 0 aromatic carbocycles. The van der Waals surface area contributed by atoms with Crippen molar-refractivity contribution in [2.45, 2.75) is 26.2 Å². The van der Waals surface area contributed by atoms with Crippen molar-refractivity contribution in [2.75, 3.05) is 20.3 Å². The van der Waals surface area contributed by atoms with Crippen molar-refractivity contribution in [1.29, 1.82) is 0 Å². The molecule has 0 aliphatic heterocycles. The predicted octanol–water partition coefficient (Wildman–Crippen LogP) is 0.842. The fourth-order valence-electron chi connectivity index (χ4n) is 1.04. The highest BCUT2D eigenvalue weighted by Gasteiger charge is 2.14. The number of rotatable bonds is 8. The molecule has 1 atom stereocenters. The van der Waals surface area contributed by atoms with E-state index in [4.69, 9.17) is 22.7 Å². The van der Waals surface area contributed by atoms with Crippen molar-refractivity contribution in [3.05, 3.63) is 0 Å². The van der Waals surface area contributed by atoms with Gasteiger partial charge < -0.3 is 15.8 Å². The van der Waals surface area contributed by atoms with E-state index in [0.717, 1.165) is 25.9 Å². The van der Waals surface area contributed by atoms with Crippen LogP contribution in [0.25, 0.3) is 0 Å². The second-order valence-electron chi connectivity index (χ2n) is 3.47. The summed E-state index contributed by atoms with van der Waals surface area (Å²) in [5, 5.41) is 2.79. The number of nitrogens with one attached hydrogen (secondary N) is 1. The van der Waals surface area contributed by atoms with Gasteiger partial charge in [-0.2, -0.15) is 0 Å². The highest BCUT2D eigenvalue weighted by Crippen LogP contribution is 1.97. The molecule has 3 N–H and O–H groups in total. The molecule has 0 rings (SSSR count). The van der Waals surface area contributed by atoms with Gasteiger partial charge in [-0.25, -0.2) is 0 Å². The van der Waals surface area contributed by atoms with Crippen LogP contribution in [0.1, 0.15) is 26.2 Å². The van der Waals surface area contributed by atoms with E-state index < -0.39 is 0 Å². The molecule has 5 heteroatoms. The molecule has 0 saturated heterocycles. The maximum absolute atomic E-state index is 11.4. The average molecular weight is 232 g/mol. The number of methoxy groups -OCH3 is 1. The quantitative estimate of drug-likeness (QED) is 0.481. The van der Waals surface area contributed by atoms with Gasteiger partial charge in [0.1, 0.15) is 0 Å². The Bertz CT molecular complexity index is 210. The van der Waals surface area contributed by atoms with Crippen molar-refractivity contribution >= 4 is 23.1 Å². The number of carbonyl (C=O) groups excluding carboxylic acids is 1. The fourth-order valence-corrected chi connectivity index (χ4v) is 1.15. The first-order chi connectivity index (χ1) is 7.09. The Hall–Kier alpha value is -0.680. The number of nitrogens with two attached hydrogens (primary N) is 1. The van der Waals surface area contributed by atoms with Gasteiger partial charge in [0.25, 0.3) is 0 Å². The molecule has 0 aliphatic rings. The highest BCUT2D eigenvalue weighted by molar-refractivity contribution is 7.80. The number of thiocarbonyl (C=S) groups is 1. The average Bonchev–Trinajstić information content (AvgIpc) is 2.21. The second-order valence-corrected chi connectivity index (χ2v) is 3.94. The van der Waals surface area contributed by atoms with E-state index >= 15 is 0 Å². The lowest BCUT2D eigenvalue weighted by Crippen LogP contribution is -2.36. The first-order valence-corrected chi connectivity index (χ1v) is 5.56. The zero-order valence-corrected chi connectivity index (χ0v) is 10.2. The molecule has 1 amide bonds. The molecule has 0 radical (unpaired) electrons. The van der Waals surface area contributed by atoms with Gasteiger partial charge in [0.15, 0.2) is 0 Å². The van der Waals surface area contributed by atoms with Crippen LogP contribution in [0.4, 0.5) is 0 Å². The third kappa shape index (κ3) is 7.27. The minimum absolute atomic E-state index is 0.0887. The standard InChI is InChI=1S/C10H20N2O2S/c1-8(9(11)15)10(13)12-6-4-3-5-7-14-2/h8H,3-7H2,1-2H3,(H2,11,15)(H,12,13). The Morgan fingerprint density at radius 1 is 1.47 bits per heavy atom. The molecule has 0 spiro atoms. The van der Waals surface area contributed by atoms with E-state index in [1.807, 2.05) is 0 Å². The Morgan fingerprint density at radius 3 is 2.67 bits per heavy atom. The predicted molar refractivity (Wildman–Crippen MR) is 64.7 cm³/mol. The number of hydrogen-bond acceptors (Lipinski definition) is 3. The van der Waals surface area contributed by atoms with E-state index in [0.29, 0.717) is 6.54 Å². The van der Waals surface area contributed by atoms with Crippen molar-refractivity contribution in [2.24, 2.45) is 11.7 Å².